The lowest BCUT2D eigenvalue weighted by molar-refractivity contribution is 1.28. The average molecular weight is 906 g/mol. The highest BCUT2D eigenvalue weighted by molar-refractivity contribution is 6.06. The molecule has 0 radical (unpaired) electrons. The van der Waals surface area contributed by atoms with Crippen LogP contribution in [0, 0.1) is 0 Å². The van der Waals surface area contributed by atoms with E-state index in [1.807, 2.05) is 0 Å². The van der Waals surface area contributed by atoms with E-state index in [0.717, 1.165) is 39.3 Å². The summed E-state index contributed by atoms with van der Waals surface area (Å²) in [6.45, 7) is 0. The fourth-order valence-corrected chi connectivity index (χ4v) is 9.74. The van der Waals surface area contributed by atoms with Gasteiger partial charge in [0.2, 0.25) is 0 Å². The van der Waals surface area contributed by atoms with Crippen molar-refractivity contribution in [1.29, 1.82) is 0 Å². The van der Waals surface area contributed by atoms with Crippen LogP contribution in [0.3, 0.4) is 0 Å². The largest absolute Gasteiger partial charge is 0.311 e. The summed E-state index contributed by atoms with van der Waals surface area (Å²) >= 11 is 0. The third kappa shape index (κ3) is 9.72. The molecule has 0 aromatic heterocycles. The number of anilines is 3. The van der Waals surface area contributed by atoms with E-state index in [1.165, 1.54) is 66.8 Å². The predicted octanol–water partition coefficient (Wildman–Crippen LogP) is 18.5. The van der Waals surface area contributed by atoms with Crippen LogP contribution in [-0.2, 0) is 0 Å². The number of benzene rings is 11. The molecule has 336 valence electrons. The van der Waals surface area contributed by atoms with E-state index in [9.17, 15) is 0 Å². The van der Waals surface area contributed by atoms with Crippen LogP contribution in [0.15, 0.2) is 309 Å². The first kappa shape index (κ1) is 44.2. The molecule has 0 amide bonds. The SMILES string of the molecule is c1ccc(C(=C(c2ccccc2)c2ccc(-c3ccc(N(c4ccccc4)c4ccc(-c5ccc(C(=C(c6ccccc6)c6ccccc6)c6ccccc6)cc5)cc4)cc3)cc2)c2ccccc2)cc1. The Kier molecular flexibility index (Phi) is 13.0. The molecule has 11 rings (SSSR count). The van der Waals surface area contributed by atoms with Crippen molar-refractivity contribution >= 4 is 39.4 Å². The molecule has 0 aliphatic heterocycles. The van der Waals surface area contributed by atoms with E-state index in [1.54, 1.807) is 0 Å². The maximum Gasteiger partial charge on any atom is 0.0462 e. The van der Waals surface area contributed by atoms with Gasteiger partial charge < -0.3 is 4.90 Å². The van der Waals surface area contributed by atoms with Crippen molar-refractivity contribution in [2.24, 2.45) is 0 Å². The normalized spacial score (nSPS) is 10.8. The zero-order chi connectivity index (χ0) is 47.6. The second kappa shape index (κ2) is 20.9. The van der Waals surface area contributed by atoms with Crippen molar-refractivity contribution in [3.8, 4) is 22.3 Å². The van der Waals surface area contributed by atoms with Crippen molar-refractivity contribution in [3.05, 3.63) is 354 Å². The molecule has 0 aliphatic carbocycles. The van der Waals surface area contributed by atoms with Crippen LogP contribution in [0.25, 0.3) is 44.5 Å². The Morgan fingerprint density at radius 3 is 0.549 bits per heavy atom. The minimum atomic E-state index is 1.09. The highest BCUT2D eigenvalue weighted by atomic mass is 15.1. The van der Waals surface area contributed by atoms with E-state index < -0.39 is 0 Å². The van der Waals surface area contributed by atoms with E-state index in [-0.39, 0.29) is 0 Å². The third-order valence-corrected chi connectivity index (χ3v) is 13.2. The number of nitrogens with zero attached hydrogens (tertiary/aromatic N) is 1. The molecule has 0 bridgehead atoms. The Bertz CT molecular complexity index is 3210. The summed E-state index contributed by atoms with van der Waals surface area (Å²) < 4.78 is 0. The minimum absolute atomic E-state index is 1.09. The van der Waals surface area contributed by atoms with Crippen molar-refractivity contribution in [2.45, 2.75) is 0 Å². The highest BCUT2D eigenvalue weighted by Crippen LogP contribution is 2.41. The summed E-state index contributed by atoms with van der Waals surface area (Å²) in [5.41, 5.74) is 22.2. The monoisotopic (exact) mass is 905 g/mol. The Balaban J connectivity index is 0.900. The molecular weight excluding hydrogens is 855 g/mol. The fourth-order valence-electron chi connectivity index (χ4n) is 9.74. The molecule has 0 N–H and O–H groups in total. The zero-order valence-corrected chi connectivity index (χ0v) is 39.4. The van der Waals surface area contributed by atoms with Gasteiger partial charge in [-0.15, -0.1) is 0 Å². The Hall–Kier alpha value is -9.30. The summed E-state index contributed by atoms with van der Waals surface area (Å²) in [5.74, 6) is 0. The van der Waals surface area contributed by atoms with Gasteiger partial charge in [0.1, 0.15) is 0 Å². The van der Waals surface area contributed by atoms with Gasteiger partial charge in [-0.3, -0.25) is 0 Å². The van der Waals surface area contributed by atoms with Gasteiger partial charge in [-0.05, 0) is 125 Å². The Morgan fingerprint density at radius 2 is 0.324 bits per heavy atom. The first-order valence-corrected chi connectivity index (χ1v) is 24.3. The molecular formula is C70H51N. The van der Waals surface area contributed by atoms with Crippen molar-refractivity contribution in [3.63, 3.8) is 0 Å². The molecule has 1 nitrogen and oxygen atoms in total. The fraction of sp³-hybridized carbons (Fsp3) is 0. The van der Waals surface area contributed by atoms with Crippen LogP contribution in [0.1, 0.15) is 44.5 Å². The van der Waals surface area contributed by atoms with Gasteiger partial charge in [-0.2, -0.15) is 0 Å². The molecule has 0 saturated carbocycles. The van der Waals surface area contributed by atoms with Gasteiger partial charge in [-0.25, -0.2) is 0 Å². The second-order valence-electron chi connectivity index (χ2n) is 17.6. The van der Waals surface area contributed by atoms with Gasteiger partial charge in [0.15, 0.2) is 0 Å². The lowest BCUT2D eigenvalue weighted by atomic mass is 9.85. The van der Waals surface area contributed by atoms with Crippen molar-refractivity contribution in [2.75, 3.05) is 4.90 Å². The minimum Gasteiger partial charge on any atom is -0.311 e. The summed E-state index contributed by atoms with van der Waals surface area (Å²) in [6.07, 6.45) is 0. The quantitative estimate of drug-likeness (QED) is 0.104. The molecule has 11 aromatic rings. The van der Waals surface area contributed by atoms with Crippen molar-refractivity contribution < 1.29 is 0 Å². The molecule has 11 aromatic carbocycles. The highest BCUT2D eigenvalue weighted by Gasteiger charge is 2.19. The number of hydrogen-bond acceptors (Lipinski definition) is 1. The molecule has 1 heteroatoms. The molecule has 0 heterocycles. The van der Waals surface area contributed by atoms with Crippen LogP contribution in [0.4, 0.5) is 17.1 Å². The first-order chi connectivity index (χ1) is 35.2. The lowest BCUT2D eigenvalue weighted by Gasteiger charge is -2.26. The molecule has 0 fully saturated rings. The van der Waals surface area contributed by atoms with Gasteiger partial charge in [0.25, 0.3) is 0 Å². The Morgan fingerprint density at radius 1 is 0.155 bits per heavy atom. The summed E-state index contributed by atoms with van der Waals surface area (Å²) in [4.78, 5) is 2.33. The summed E-state index contributed by atoms with van der Waals surface area (Å²) in [5, 5.41) is 0. The molecule has 0 atom stereocenters. The summed E-state index contributed by atoms with van der Waals surface area (Å²) in [7, 11) is 0. The van der Waals surface area contributed by atoms with Crippen LogP contribution in [0.5, 0.6) is 0 Å². The van der Waals surface area contributed by atoms with Crippen molar-refractivity contribution in [1.82, 2.24) is 0 Å². The third-order valence-electron chi connectivity index (χ3n) is 13.2. The number of rotatable bonds is 13. The van der Waals surface area contributed by atoms with Crippen LogP contribution in [-0.4, -0.2) is 0 Å². The topological polar surface area (TPSA) is 3.24 Å². The average Bonchev–Trinajstić information content (AvgIpc) is 3.46. The second-order valence-corrected chi connectivity index (χ2v) is 17.6. The van der Waals surface area contributed by atoms with Gasteiger partial charge in [0, 0.05) is 17.1 Å². The molecule has 0 spiro atoms. The smallest absolute Gasteiger partial charge is 0.0462 e. The molecule has 0 aliphatic rings. The maximum atomic E-state index is 2.33. The summed E-state index contributed by atoms with van der Waals surface area (Å²) in [6, 6.07) is 111. The standard InChI is InChI=1S/C70H51N/c1-8-22-56(23-9-1)67(57-24-10-2-11-25-57)69(60-30-16-5-17-31-60)62-40-36-52(37-41-62)54-44-48-65(49-45-54)71(64-34-20-7-21-35-64)66-50-46-55(47-51-66)53-38-42-63(43-39-53)70(61-32-18-6-19-33-61)68(58-26-12-3-13-27-58)59-28-14-4-15-29-59/h1-51H. The van der Waals surface area contributed by atoms with E-state index >= 15 is 0 Å². The zero-order valence-electron chi connectivity index (χ0n) is 39.4. The van der Waals surface area contributed by atoms with Gasteiger partial charge in [-0.1, -0.05) is 273 Å². The maximum absolute atomic E-state index is 2.33. The molecule has 71 heavy (non-hydrogen) atoms. The lowest BCUT2D eigenvalue weighted by Crippen LogP contribution is -2.09. The van der Waals surface area contributed by atoms with Crippen LogP contribution < -0.4 is 4.90 Å². The van der Waals surface area contributed by atoms with E-state index in [4.69, 9.17) is 0 Å². The van der Waals surface area contributed by atoms with Gasteiger partial charge >= 0.3 is 0 Å². The van der Waals surface area contributed by atoms with E-state index in [0.29, 0.717) is 0 Å². The van der Waals surface area contributed by atoms with Gasteiger partial charge in [0.05, 0.1) is 0 Å². The predicted molar refractivity (Wildman–Crippen MR) is 301 cm³/mol. The van der Waals surface area contributed by atoms with E-state index in [2.05, 4.69) is 314 Å². The number of para-hydroxylation sites is 1. The van der Waals surface area contributed by atoms with Crippen LogP contribution >= 0.6 is 0 Å². The molecule has 0 saturated heterocycles. The first-order valence-electron chi connectivity index (χ1n) is 24.3. The number of hydrogen-bond donors (Lipinski definition) is 0. The Labute approximate surface area is 418 Å². The van der Waals surface area contributed by atoms with Crippen LogP contribution in [0.2, 0.25) is 0 Å². The molecule has 0 unspecified atom stereocenters.